The molecule has 0 spiro atoms. The van der Waals surface area contributed by atoms with E-state index in [-0.39, 0.29) is 12.1 Å². The summed E-state index contributed by atoms with van der Waals surface area (Å²) in [5.41, 5.74) is 10.0. The Morgan fingerprint density at radius 2 is 1.90 bits per heavy atom. The van der Waals surface area contributed by atoms with Crippen molar-refractivity contribution in [3.63, 3.8) is 0 Å². The lowest BCUT2D eigenvalue weighted by molar-refractivity contribution is 0.219. The summed E-state index contributed by atoms with van der Waals surface area (Å²) in [4.78, 5) is 6.42. The van der Waals surface area contributed by atoms with E-state index in [2.05, 4.69) is 61.1 Å². The molecule has 2 atom stereocenters. The molecule has 2 rings (SSSR count). The predicted octanol–water partition coefficient (Wildman–Crippen LogP) is 2.91. The minimum Gasteiger partial charge on any atom is -0.323 e. The SMILES string of the molecule is Cc1ccc(C(N)C(C)N(C)Cc2cccnc2)cc1. The summed E-state index contributed by atoms with van der Waals surface area (Å²) in [5.74, 6) is 0. The van der Waals surface area contributed by atoms with Gasteiger partial charge in [0.05, 0.1) is 0 Å². The third-order valence-corrected chi connectivity index (χ3v) is 3.83. The summed E-state index contributed by atoms with van der Waals surface area (Å²) in [5, 5.41) is 0. The maximum atomic E-state index is 6.39. The van der Waals surface area contributed by atoms with E-state index in [1.165, 1.54) is 16.7 Å². The quantitative estimate of drug-likeness (QED) is 0.907. The summed E-state index contributed by atoms with van der Waals surface area (Å²) in [7, 11) is 2.10. The summed E-state index contributed by atoms with van der Waals surface area (Å²) < 4.78 is 0. The van der Waals surface area contributed by atoms with Gasteiger partial charge >= 0.3 is 0 Å². The largest absolute Gasteiger partial charge is 0.323 e. The average Bonchev–Trinajstić information content (AvgIpc) is 2.47. The topological polar surface area (TPSA) is 42.1 Å². The van der Waals surface area contributed by atoms with Gasteiger partial charge in [0.15, 0.2) is 0 Å². The lowest BCUT2D eigenvalue weighted by Gasteiger charge is -2.30. The molecule has 2 aromatic rings. The standard InChI is InChI=1S/C17H23N3/c1-13-6-8-16(9-7-13)17(18)14(2)20(3)12-15-5-4-10-19-11-15/h4-11,14,17H,12,18H2,1-3H3. The number of likely N-dealkylation sites (N-methyl/N-ethyl adjacent to an activating group) is 1. The fraction of sp³-hybridized carbons (Fsp3) is 0.353. The Kier molecular flexibility index (Phi) is 4.88. The van der Waals surface area contributed by atoms with Crippen molar-refractivity contribution >= 4 is 0 Å². The van der Waals surface area contributed by atoms with Crippen LogP contribution >= 0.6 is 0 Å². The molecule has 0 aliphatic rings. The third kappa shape index (κ3) is 3.65. The van der Waals surface area contributed by atoms with Crippen molar-refractivity contribution in [2.45, 2.75) is 32.5 Å². The molecular formula is C17H23N3. The first-order valence-electron chi connectivity index (χ1n) is 6.99. The number of pyridine rings is 1. The number of nitrogens with zero attached hydrogens (tertiary/aromatic N) is 2. The molecule has 0 saturated carbocycles. The fourth-order valence-electron chi connectivity index (χ4n) is 2.26. The van der Waals surface area contributed by atoms with Crippen LogP contribution in [0.4, 0.5) is 0 Å². The van der Waals surface area contributed by atoms with E-state index in [9.17, 15) is 0 Å². The van der Waals surface area contributed by atoms with E-state index >= 15 is 0 Å². The molecule has 0 fully saturated rings. The van der Waals surface area contributed by atoms with Gasteiger partial charge in [-0.25, -0.2) is 0 Å². The molecule has 3 nitrogen and oxygen atoms in total. The second-order valence-corrected chi connectivity index (χ2v) is 5.45. The number of aryl methyl sites for hydroxylation is 1. The lowest BCUT2D eigenvalue weighted by atomic mass is 9.99. The number of hydrogen-bond donors (Lipinski definition) is 1. The average molecular weight is 269 g/mol. The number of nitrogens with two attached hydrogens (primary N) is 1. The monoisotopic (exact) mass is 269 g/mol. The molecule has 106 valence electrons. The molecular weight excluding hydrogens is 246 g/mol. The Hall–Kier alpha value is -1.71. The van der Waals surface area contributed by atoms with E-state index in [0.29, 0.717) is 0 Å². The van der Waals surface area contributed by atoms with E-state index in [1.807, 2.05) is 12.3 Å². The third-order valence-electron chi connectivity index (χ3n) is 3.83. The van der Waals surface area contributed by atoms with Crippen molar-refractivity contribution in [2.24, 2.45) is 5.73 Å². The van der Waals surface area contributed by atoms with Gasteiger partial charge < -0.3 is 5.73 Å². The molecule has 0 saturated heterocycles. The van der Waals surface area contributed by atoms with E-state index in [0.717, 1.165) is 6.54 Å². The first-order valence-corrected chi connectivity index (χ1v) is 6.99. The maximum Gasteiger partial charge on any atom is 0.0450 e. The Bertz CT molecular complexity index is 522. The van der Waals surface area contributed by atoms with Crippen LogP contribution in [0.5, 0.6) is 0 Å². The maximum absolute atomic E-state index is 6.39. The highest BCUT2D eigenvalue weighted by molar-refractivity contribution is 5.25. The van der Waals surface area contributed by atoms with Crippen molar-refractivity contribution in [2.75, 3.05) is 7.05 Å². The van der Waals surface area contributed by atoms with Gasteiger partial charge in [0, 0.05) is 31.0 Å². The Morgan fingerprint density at radius 3 is 2.50 bits per heavy atom. The summed E-state index contributed by atoms with van der Waals surface area (Å²) in [6, 6.07) is 12.8. The van der Waals surface area contributed by atoms with Crippen LogP contribution in [0.15, 0.2) is 48.8 Å². The Balaban J connectivity index is 2.02. The molecule has 0 radical (unpaired) electrons. The zero-order valence-corrected chi connectivity index (χ0v) is 12.5. The molecule has 2 unspecified atom stereocenters. The van der Waals surface area contributed by atoms with E-state index in [1.54, 1.807) is 6.20 Å². The van der Waals surface area contributed by atoms with Crippen LogP contribution in [0.2, 0.25) is 0 Å². The van der Waals surface area contributed by atoms with Crippen LogP contribution < -0.4 is 5.73 Å². The molecule has 3 heteroatoms. The highest BCUT2D eigenvalue weighted by Gasteiger charge is 2.19. The van der Waals surface area contributed by atoms with Crippen LogP contribution in [-0.4, -0.2) is 23.0 Å². The van der Waals surface area contributed by atoms with Gasteiger partial charge in [-0.3, -0.25) is 9.88 Å². The molecule has 1 heterocycles. The molecule has 2 N–H and O–H groups in total. The van der Waals surface area contributed by atoms with Crippen LogP contribution in [0.3, 0.4) is 0 Å². The minimum absolute atomic E-state index is 0.0114. The number of benzene rings is 1. The second-order valence-electron chi connectivity index (χ2n) is 5.45. The first kappa shape index (κ1) is 14.7. The molecule has 0 amide bonds. The van der Waals surface area contributed by atoms with Gasteiger partial charge in [-0.2, -0.15) is 0 Å². The van der Waals surface area contributed by atoms with Crippen molar-refractivity contribution in [3.05, 3.63) is 65.5 Å². The first-order chi connectivity index (χ1) is 9.58. The van der Waals surface area contributed by atoms with Crippen molar-refractivity contribution in [1.82, 2.24) is 9.88 Å². The highest BCUT2D eigenvalue weighted by atomic mass is 15.1. The Morgan fingerprint density at radius 1 is 1.20 bits per heavy atom. The molecule has 1 aromatic heterocycles. The minimum atomic E-state index is 0.0114. The van der Waals surface area contributed by atoms with Gasteiger partial charge in [0.2, 0.25) is 0 Å². The molecule has 0 aliphatic carbocycles. The summed E-state index contributed by atoms with van der Waals surface area (Å²) in [6.45, 7) is 5.11. The zero-order chi connectivity index (χ0) is 14.5. The normalized spacial score (nSPS) is 14.2. The van der Waals surface area contributed by atoms with Gasteiger partial charge in [0.25, 0.3) is 0 Å². The van der Waals surface area contributed by atoms with Crippen LogP contribution in [0.25, 0.3) is 0 Å². The van der Waals surface area contributed by atoms with Crippen molar-refractivity contribution < 1.29 is 0 Å². The second kappa shape index (κ2) is 6.64. The van der Waals surface area contributed by atoms with Gasteiger partial charge in [-0.15, -0.1) is 0 Å². The smallest absolute Gasteiger partial charge is 0.0450 e. The molecule has 0 bridgehead atoms. The van der Waals surface area contributed by atoms with E-state index in [4.69, 9.17) is 5.73 Å². The van der Waals surface area contributed by atoms with Crippen LogP contribution in [-0.2, 0) is 6.54 Å². The van der Waals surface area contributed by atoms with Gasteiger partial charge in [0.1, 0.15) is 0 Å². The lowest BCUT2D eigenvalue weighted by Crippen LogP contribution is -2.37. The number of aromatic nitrogens is 1. The molecule has 0 aliphatic heterocycles. The zero-order valence-electron chi connectivity index (χ0n) is 12.5. The van der Waals surface area contributed by atoms with Crippen molar-refractivity contribution in [1.29, 1.82) is 0 Å². The number of rotatable bonds is 5. The summed E-state index contributed by atoms with van der Waals surface area (Å²) >= 11 is 0. The predicted molar refractivity (Wildman–Crippen MR) is 83.3 cm³/mol. The summed E-state index contributed by atoms with van der Waals surface area (Å²) in [6.07, 6.45) is 3.70. The fourth-order valence-corrected chi connectivity index (χ4v) is 2.26. The van der Waals surface area contributed by atoms with Crippen LogP contribution in [0.1, 0.15) is 29.7 Å². The molecule has 20 heavy (non-hydrogen) atoms. The van der Waals surface area contributed by atoms with Gasteiger partial charge in [-0.1, -0.05) is 35.9 Å². The highest BCUT2D eigenvalue weighted by Crippen LogP contribution is 2.19. The van der Waals surface area contributed by atoms with Crippen molar-refractivity contribution in [3.8, 4) is 0 Å². The number of hydrogen-bond acceptors (Lipinski definition) is 3. The Labute approximate surface area is 121 Å². The molecule has 1 aromatic carbocycles. The van der Waals surface area contributed by atoms with Crippen LogP contribution in [0, 0.1) is 6.92 Å². The van der Waals surface area contributed by atoms with E-state index < -0.39 is 0 Å². The van der Waals surface area contributed by atoms with Gasteiger partial charge in [-0.05, 0) is 38.1 Å².